The molecule has 0 radical (unpaired) electrons. The van der Waals surface area contributed by atoms with E-state index >= 15 is 0 Å². The number of aromatic nitrogens is 3. The predicted molar refractivity (Wildman–Crippen MR) is 106 cm³/mol. The molecule has 1 N–H and O–H groups in total. The van der Waals surface area contributed by atoms with E-state index in [4.69, 9.17) is 9.72 Å². The topological polar surface area (TPSA) is 54.7 Å². The van der Waals surface area contributed by atoms with Crippen LogP contribution in [0, 0.1) is 0 Å². The van der Waals surface area contributed by atoms with E-state index in [0.717, 1.165) is 40.1 Å². The Morgan fingerprint density at radius 3 is 2.93 bits per heavy atom. The van der Waals surface area contributed by atoms with E-state index in [9.17, 15) is 4.48 Å². The van der Waals surface area contributed by atoms with Crippen LogP contribution >= 0.6 is 0 Å². The Bertz CT molecular complexity index is 1000. The van der Waals surface area contributed by atoms with Gasteiger partial charge in [0.05, 0.1) is 24.2 Å². The lowest BCUT2D eigenvalue weighted by Crippen LogP contribution is -2.22. The summed E-state index contributed by atoms with van der Waals surface area (Å²) in [6.07, 6.45) is 7.20. The summed E-state index contributed by atoms with van der Waals surface area (Å²) in [6.45, 7) is 3.52. The van der Waals surface area contributed by atoms with E-state index in [1.54, 1.807) is 0 Å². The van der Waals surface area contributed by atoms with Crippen molar-refractivity contribution in [1.82, 2.24) is 19.5 Å². The average molecular weight is 381 g/mol. The number of hydrogen-bond donors (Lipinski definition) is 1. The summed E-state index contributed by atoms with van der Waals surface area (Å²) in [7, 11) is 0. The maximum absolute atomic E-state index is 13.3. The molecule has 1 aliphatic carbocycles. The second-order valence-corrected chi connectivity index (χ2v) is 7.58. The van der Waals surface area contributed by atoms with Gasteiger partial charge < -0.3 is 10.1 Å². The van der Waals surface area contributed by atoms with Crippen molar-refractivity contribution in [2.75, 3.05) is 25.0 Å². The van der Waals surface area contributed by atoms with Crippen molar-refractivity contribution in [3.05, 3.63) is 42.2 Å². The highest BCUT2D eigenvalue weighted by Gasteiger charge is 2.28. The second-order valence-electron chi connectivity index (χ2n) is 7.58. The highest BCUT2D eigenvalue weighted by Crippen LogP contribution is 2.45. The number of halogens is 1. The first-order valence-electron chi connectivity index (χ1n) is 9.99. The molecular formula is C21H24FN5O. The first-order valence-corrected chi connectivity index (χ1v) is 9.99. The molecule has 0 spiro atoms. The molecule has 1 saturated heterocycles. The Labute approximate surface area is 163 Å². The van der Waals surface area contributed by atoms with Crippen LogP contribution in [0.5, 0.6) is 5.75 Å². The first-order chi connectivity index (χ1) is 13.7. The van der Waals surface area contributed by atoms with Gasteiger partial charge in [-0.1, -0.05) is 6.07 Å². The van der Waals surface area contributed by atoms with Crippen molar-refractivity contribution in [1.29, 1.82) is 0 Å². The van der Waals surface area contributed by atoms with Crippen LogP contribution in [0.3, 0.4) is 0 Å². The zero-order valence-corrected chi connectivity index (χ0v) is 15.9. The van der Waals surface area contributed by atoms with Crippen LogP contribution in [-0.4, -0.2) is 45.2 Å². The molecule has 1 aliphatic heterocycles. The minimum absolute atomic E-state index is 0.0881. The van der Waals surface area contributed by atoms with Gasteiger partial charge in [-0.2, -0.15) is 0 Å². The summed E-state index contributed by atoms with van der Waals surface area (Å²) >= 11 is 0. The van der Waals surface area contributed by atoms with Gasteiger partial charge in [-0.25, -0.2) is 9.97 Å². The molecule has 0 aromatic carbocycles. The van der Waals surface area contributed by atoms with Gasteiger partial charge in [0.1, 0.15) is 17.2 Å². The molecule has 28 heavy (non-hydrogen) atoms. The molecule has 1 saturated carbocycles. The largest absolute Gasteiger partial charge is 0.493 e. The number of ether oxygens (including phenoxy) is 1. The molecule has 1 atom stereocenters. The number of anilines is 1. The predicted octanol–water partition coefficient (Wildman–Crippen LogP) is 4.04. The highest BCUT2D eigenvalue weighted by molar-refractivity contribution is 5.64. The number of rotatable bonds is 6. The quantitative estimate of drug-likeness (QED) is 0.653. The van der Waals surface area contributed by atoms with Crippen molar-refractivity contribution in [2.24, 2.45) is 0 Å². The number of nitrogens with zero attached hydrogens (tertiary/aromatic N) is 4. The molecule has 146 valence electrons. The van der Waals surface area contributed by atoms with Gasteiger partial charge in [-0.05, 0) is 44.2 Å². The fraction of sp³-hybridized carbons (Fsp3) is 0.429. The van der Waals surface area contributed by atoms with Crippen molar-refractivity contribution in [2.45, 2.75) is 38.1 Å². The Hall–Kier alpha value is -2.67. The first kappa shape index (κ1) is 17.4. The summed E-state index contributed by atoms with van der Waals surface area (Å²) in [5, 5.41) is 4.19. The smallest absolute Gasteiger partial charge is 0.140 e. The molecule has 1 unspecified atom stereocenters. The fourth-order valence-electron chi connectivity index (χ4n) is 3.89. The zero-order valence-electron chi connectivity index (χ0n) is 15.9. The second kappa shape index (κ2) is 7.05. The summed E-state index contributed by atoms with van der Waals surface area (Å²) in [5.41, 5.74) is 3.89. The summed E-state index contributed by atoms with van der Waals surface area (Å²) < 4.78 is 21.2. The van der Waals surface area contributed by atoms with Crippen LogP contribution in [-0.2, 0) is 0 Å². The Morgan fingerprint density at radius 2 is 2.18 bits per heavy atom. The van der Waals surface area contributed by atoms with Crippen molar-refractivity contribution < 1.29 is 9.22 Å². The van der Waals surface area contributed by atoms with Gasteiger partial charge in [-0.3, -0.25) is 4.40 Å². The number of fused-ring (bicyclic) bond motifs is 1. The molecular weight excluding hydrogens is 357 g/mol. The summed E-state index contributed by atoms with van der Waals surface area (Å²) in [4.78, 5) is 9.33. The van der Waals surface area contributed by atoms with Gasteiger partial charge in [0.25, 0.3) is 0 Å². The summed E-state index contributed by atoms with van der Waals surface area (Å²) in [5.74, 6) is 2.28. The maximum Gasteiger partial charge on any atom is 0.140 e. The molecule has 3 aromatic heterocycles. The van der Waals surface area contributed by atoms with Crippen LogP contribution < -0.4 is 10.1 Å². The Balaban J connectivity index is 1.49. The molecule has 4 heterocycles. The number of imidazole rings is 1. The molecule has 0 bridgehead atoms. The molecule has 0 amide bonds. The van der Waals surface area contributed by atoms with E-state index < -0.39 is 0 Å². The van der Waals surface area contributed by atoms with E-state index in [1.807, 2.05) is 37.4 Å². The van der Waals surface area contributed by atoms with Crippen molar-refractivity contribution in [3.63, 3.8) is 0 Å². The lowest BCUT2D eigenvalue weighted by molar-refractivity contribution is 0.0564. The third-order valence-electron chi connectivity index (χ3n) is 5.46. The van der Waals surface area contributed by atoms with Gasteiger partial charge in [-0.15, -0.1) is 9.60 Å². The molecule has 3 aromatic rings. The Kier molecular flexibility index (Phi) is 4.39. The van der Waals surface area contributed by atoms with Gasteiger partial charge in [0, 0.05) is 37.0 Å². The maximum atomic E-state index is 13.3. The SMILES string of the molecule is CCOc1cc2ncc(-c3cccc(NC4CCN(F)C4)n3)n2cc1C1CC1. The van der Waals surface area contributed by atoms with Crippen LogP contribution in [0.1, 0.15) is 37.7 Å². The van der Waals surface area contributed by atoms with Gasteiger partial charge >= 0.3 is 0 Å². The average Bonchev–Trinajstić information content (AvgIpc) is 3.33. The van der Waals surface area contributed by atoms with Crippen molar-refractivity contribution >= 4 is 11.5 Å². The van der Waals surface area contributed by atoms with E-state index in [0.29, 0.717) is 25.6 Å². The minimum Gasteiger partial charge on any atom is -0.493 e. The fourth-order valence-corrected chi connectivity index (χ4v) is 3.89. The zero-order chi connectivity index (χ0) is 19.1. The molecule has 2 fully saturated rings. The molecule has 2 aliphatic rings. The highest BCUT2D eigenvalue weighted by atomic mass is 19.2. The third-order valence-corrected chi connectivity index (χ3v) is 5.46. The van der Waals surface area contributed by atoms with E-state index in [2.05, 4.69) is 20.9 Å². The lowest BCUT2D eigenvalue weighted by Gasteiger charge is -2.14. The lowest BCUT2D eigenvalue weighted by atomic mass is 10.1. The molecule has 6 nitrogen and oxygen atoms in total. The monoisotopic (exact) mass is 381 g/mol. The number of pyridine rings is 2. The number of hydrogen-bond acceptors (Lipinski definition) is 5. The van der Waals surface area contributed by atoms with Crippen LogP contribution in [0.25, 0.3) is 17.0 Å². The summed E-state index contributed by atoms with van der Waals surface area (Å²) in [6, 6.07) is 8.00. The minimum atomic E-state index is 0.0881. The van der Waals surface area contributed by atoms with E-state index in [1.165, 1.54) is 18.4 Å². The van der Waals surface area contributed by atoms with Gasteiger partial charge in [0.2, 0.25) is 0 Å². The molecule has 5 rings (SSSR count). The van der Waals surface area contributed by atoms with Crippen LogP contribution in [0.2, 0.25) is 0 Å². The van der Waals surface area contributed by atoms with Crippen molar-refractivity contribution in [3.8, 4) is 17.1 Å². The van der Waals surface area contributed by atoms with Crippen LogP contribution in [0.15, 0.2) is 36.7 Å². The van der Waals surface area contributed by atoms with Crippen LogP contribution in [0.4, 0.5) is 10.3 Å². The standard InChI is InChI=1S/C21H24FN5O/c1-2-28-19-10-21-23-11-18(27(21)13-16(19)14-6-7-14)17-4-3-5-20(25-17)24-15-8-9-26(22)12-15/h3-5,10-11,13-15H,2,6-9,12H2,1H3,(H,24,25). The van der Waals surface area contributed by atoms with E-state index in [-0.39, 0.29) is 6.04 Å². The molecule has 7 heteroatoms. The number of nitrogens with one attached hydrogen (secondary N) is 1. The third kappa shape index (κ3) is 3.30. The normalized spacial score (nSPS) is 20.0. The van der Waals surface area contributed by atoms with Gasteiger partial charge in [0.15, 0.2) is 0 Å². The Morgan fingerprint density at radius 1 is 1.29 bits per heavy atom.